The van der Waals surface area contributed by atoms with Crippen LogP contribution >= 0.6 is 23.5 Å². The predicted molar refractivity (Wildman–Crippen MR) is 167 cm³/mol. The van der Waals surface area contributed by atoms with Crippen LogP contribution in [0, 0.1) is 0 Å². The molecule has 4 aromatic rings. The van der Waals surface area contributed by atoms with Gasteiger partial charge in [0.2, 0.25) is 5.91 Å². The molecule has 0 fully saturated rings. The van der Waals surface area contributed by atoms with Gasteiger partial charge >= 0.3 is 6.03 Å². The van der Waals surface area contributed by atoms with Crippen LogP contribution in [0.2, 0.25) is 0 Å². The van der Waals surface area contributed by atoms with E-state index in [0.717, 1.165) is 26.9 Å². The summed E-state index contributed by atoms with van der Waals surface area (Å²) in [5, 5.41) is 3.26. The third-order valence-electron chi connectivity index (χ3n) is 6.69. The summed E-state index contributed by atoms with van der Waals surface area (Å²) in [5.74, 6) is 0.223. The fourth-order valence-corrected chi connectivity index (χ4v) is 6.94. The highest BCUT2D eigenvalue weighted by Crippen LogP contribution is 2.43. The Morgan fingerprint density at radius 3 is 2.23 bits per heavy atom. The van der Waals surface area contributed by atoms with Gasteiger partial charge in [-0.05, 0) is 54.6 Å². The summed E-state index contributed by atoms with van der Waals surface area (Å²) in [6, 6.07) is 34.8. The highest BCUT2D eigenvalue weighted by Gasteiger charge is 2.36. The Morgan fingerprint density at radius 2 is 1.48 bits per heavy atom. The minimum absolute atomic E-state index is 0.0255. The number of urea groups is 1. The first-order chi connectivity index (χ1) is 19.7. The average molecular weight is 562 g/mol. The SMILES string of the molecule is O=C(CSc1cccc(NC(=O)N2c3ccccc3SC3C=CC=CC32)c1)N(c1ccccc1)c1ccccc1. The van der Waals surface area contributed by atoms with Gasteiger partial charge in [0.05, 0.1) is 22.7 Å². The molecular formula is C33H27N3O2S2. The molecule has 4 aromatic carbocycles. The first-order valence-corrected chi connectivity index (χ1v) is 14.9. The molecule has 2 unspecified atom stereocenters. The quantitative estimate of drug-likeness (QED) is 0.241. The van der Waals surface area contributed by atoms with Gasteiger partial charge in [0, 0.05) is 26.9 Å². The summed E-state index contributed by atoms with van der Waals surface area (Å²) in [4.78, 5) is 32.7. The van der Waals surface area contributed by atoms with E-state index in [1.165, 1.54) is 11.8 Å². The number of fused-ring (bicyclic) bond motifs is 2. The molecule has 3 amide bonds. The number of nitrogens with zero attached hydrogens (tertiary/aromatic N) is 2. The van der Waals surface area contributed by atoms with Crippen molar-refractivity contribution in [1.82, 2.24) is 0 Å². The lowest BCUT2D eigenvalue weighted by molar-refractivity contribution is -0.115. The van der Waals surface area contributed by atoms with Crippen LogP contribution in [0.15, 0.2) is 143 Å². The molecule has 2 atom stereocenters. The van der Waals surface area contributed by atoms with Gasteiger partial charge in [0.1, 0.15) is 0 Å². The zero-order chi connectivity index (χ0) is 27.3. The van der Waals surface area contributed by atoms with Gasteiger partial charge in [-0.25, -0.2) is 4.79 Å². The molecule has 5 nitrogen and oxygen atoms in total. The number of allylic oxidation sites excluding steroid dienone is 2. The van der Waals surface area contributed by atoms with Crippen LogP contribution in [0.1, 0.15) is 0 Å². The molecule has 40 heavy (non-hydrogen) atoms. The van der Waals surface area contributed by atoms with Gasteiger partial charge in [0.15, 0.2) is 0 Å². The van der Waals surface area contributed by atoms with Crippen molar-refractivity contribution in [2.45, 2.75) is 21.1 Å². The number of anilines is 4. The Balaban J connectivity index is 1.17. The molecule has 0 aromatic heterocycles. The van der Waals surface area contributed by atoms with Gasteiger partial charge in [-0.1, -0.05) is 78.9 Å². The van der Waals surface area contributed by atoms with E-state index in [4.69, 9.17) is 0 Å². The van der Waals surface area contributed by atoms with Gasteiger partial charge in [-0.15, -0.1) is 23.5 Å². The minimum Gasteiger partial charge on any atom is -0.307 e. The van der Waals surface area contributed by atoms with Crippen molar-refractivity contribution < 1.29 is 9.59 Å². The highest BCUT2D eigenvalue weighted by atomic mass is 32.2. The smallest absolute Gasteiger partial charge is 0.307 e. The second-order valence-corrected chi connectivity index (χ2v) is 11.6. The van der Waals surface area contributed by atoms with Crippen molar-refractivity contribution in [1.29, 1.82) is 0 Å². The Morgan fingerprint density at radius 1 is 0.800 bits per heavy atom. The van der Waals surface area contributed by atoms with Crippen LogP contribution in [-0.4, -0.2) is 29.0 Å². The zero-order valence-electron chi connectivity index (χ0n) is 21.6. The normalized spacial score (nSPS) is 17.1. The second kappa shape index (κ2) is 11.9. The third-order valence-corrected chi connectivity index (χ3v) is 8.97. The van der Waals surface area contributed by atoms with Crippen LogP contribution in [0.4, 0.5) is 27.5 Å². The van der Waals surface area contributed by atoms with E-state index in [2.05, 4.69) is 23.5 Å². The predicted octanol–water partition coefficient (Wildman–Crippen LogP) is 8.15. The Hall–Kier alpha value is -4.20. The molecular weight excluding hydrogens is 535 g/mol. The molecule has 1 aliphatic heterocycles. The first kappa shape index (κ1) is 26.0. The van der Waals surface area contributed by atoms with Crippen LogP contribution in [0.5, 0.6) is 0 Å². The number of thioether (sulfide) groups is 2. The molecule has 7 heteroatoms. The van der Waals surface area contributed by atoms with Gasteiger partial charge in [-0.2, -0.15) is 0 Å². The summed E-state index contributed by atoms with van der Waals surface area (Å²) in [6.45, 7) is 0. The third kappa shape index (κ3) is 5.57. The lowest BCUT2D eigenvalue weighted by Crippen LogP contribution is -2.49. The van der Waals surface area contributed by atoms with Crippen molar-refractivity contribution in [2.24, 2.45) is 0 Å². The number of hydrogen-bond donors (Lipinski definition) is 1. The van der Waals surface area contributed by atoms with Crippen molar-refractivity contribution in [3.8, 4) is 0 Å². The summed E-state index contributed by atoms with van der Waals surface area (Å²) in [5.41, 5.74) is 3.24. The van der Waals surface area contributed by atoms with Crippen molar-refractivity contribution in [3.05, 3.63) is 133 Å². The maximum absolute atomic E-state index is 13.6. The lowest BCUT2D eigenvalue weighted by atomic mass is 10.1. The fourth-order valence-electron chi connectivity index (χ4n) is 4.87. The number of amides is 3. The molecule has 0 saturated carbocycles. The standard InChI is InChI=1S/C33H27N3O2S2/c37-32(35(25-13-3-1-4-14-25)26-15-5-2-6-16-26)23-39-27-17-11-12-24(22-27)34-33(38)36-28-18-7-9-20-30(28)40-31-21-10-8-19-29(31)36/h1-22,28,30H,23H2,(H,34,38). The maximum atomic E-state index is 13.6. The molecule has 0 saturated heterocycles. The number of carbonyl (C=O) groups is 2. The molecule has 1 aliphatic carbocycles. The van der Waals surface area contributed by atoms with Crippen molar-refractivity contribution in [3.63, 3.8) is 0 Å². The minimum atomic E-state index is -0.180. The number of rotatable bonds is 6. The lowest BCUT2D eigenvalue weighted by Gasteiger charge is -2.40. The molecule has 1 heterocycles. The fraction of sp³-hybridized carbons (Fsp3) is 0.0909. The topological polar surface area (TPSA) is 52.7 Å². The van der Waals surface area contributed by atoms with E-state index in [0.29, 0.717) is 5.69 Å². The number of para-hydroxylation sites is 3. The van der Waals surface area contributed by atoms with Crippen LogP contribution < -0.4 is 15.1 Å². The molecule has 6 rings (SSSR count). The van der Waals surface area contributed by atoms with Gasteiger partial charge in [0.25, 0.3) is 0 Å². The Bertz CT molecular complexity index is 1530. The molecule has 0 bridgehead atoms. The molecule has 2 aliphatic rings. The Labute approximate surface area is 242 Å². The monoisotopic (exact) mass is 561 g/mol. The molecule has 0 spiro atoms. The first-order valence-electron chi connectivity index (χ1n) is 13.0. The number of hydrogen-bond acceptors (Lipinski definition) is 4. The number of benzene rings is 4. The average Bonchev–Trinajstić information content (AvgIpc) is 3.00. The number of carbonyl (C=O) groups excluding carboxylic acids is 2. The highest BCUT2D eigenvalue weighted by molar-refractivity contribution is 8.00. The van der Waals surface area contributed by atoms with E-state index in [1.807, 2.05) is 120 Å². The van der Waals surface area contributed by atoms with Crippen LogP contribution in [-0.2, 0) is 4.79 Å². The van der Waals surface area contributed by atoms with Crippen molar-refractivity contribution in [2.75, 3.05) is 20.9 Å². The van der Waals surface area contributed by atoms with Crippen LogP contribution in [0.3, 0.4) is 0 Å². The summed E-state index contributed by atoms with van der Waals surface area (Å²) in [6.07, 6.45) is 8.26. The summed E-state index contributed by atoms with van der Waals surface area (Å²) < 4.78 is 0. The molecule has 0 radical (unpaired) electrons. The summed E-state index contributed by atoms with van der Waals surface area (Å²) in [7, 11) is 0. The van der Waals surface area contributed by atoms with E-state index in [1.54, 1.807) is 16.7 Å². The second-order valence-electron chi connectivity index (χ2n) is 9.33. The van der Waals surface area contributed by atoms with E-state index >= 15 is 0 Å². The van der Waals surface area contributed by atoms with Gasteiger partial charge < -0.3 is 5.32 Å². The number of nitrogens with one attached hydrogen (secondary N) is 1. The van der Waals surface area contributed by atoms with Crippen molar-refractivity contribution >= 4 is 58.2 Å². The van der Waals surface area contributed by atoms with E-state index in [9.17, 15) is 9.59 Å². The molecule has 1 N–H and O–H groups in total. The largest absolute Gasteiger partial charge is 0.326 e. The summed E-state index contributed by atoms with van der Waals surface area (Å²) >= 11 is 3.23. The van der Waals surface area contributed by atoms with Crippen LogP contribution in [0.25, 0.3) is 0 Å². The van der Waals surface area contributed by atoms with E-state index in [-0.39, 0.29) is 29.0 Å². The zero-order valence-corrected chi connectivity index (χ0v) is 23.2. The van der Waals surface area contributed by atoms with Gasteiger partial charge in [-0.3, -0.25) is 14.6 Å². The maximum Gasteiger partial charge on any atom is 0.326 e. The molecule has 198 valence electrons. The van der Waals surface area contributed by atoms with E-state index < -0.39 is 0 Å². The Kier molecular flexibility index (Phi) is 7.75.